The van der Waals surface area contributed by atoms with Crippen LogP contribution in [0.25, 0.3) is 0 Å². The molecule has 0 N–H and O–H groups in total. The standard InChI is InChI=1S/C12H21O2/c1-4-7-12(10-13-8-5-2)11-14-9-6-3/h5-6,12H,1-4,7-11H2. The van der Waals surface area contributed by atoms with Gasteiger partial charge >= 0.3 is 0 Å². The molecule has 0 amide bonds. The van der Waals surface area contributed by atoms with Gasteiger partial charge in [0.15, 0.2) is 0 Å². The fraction of sp³-hybridized carbons (Fsp3) is 0.583. The molecular formula is C12H21O2. The molecule has 0 aliphatic heterocycles. The Hall–Kier alpha value is -0.600. The summed E-state index contributed by atoms with van der Waals surface area (Å²) in [5, 5.41) is 0. The zero-order valence-corrected chi connectivity index (χ0v) is 8.91. The Kier molecular flexibility index (Phi) is 10.0. The van der Waals surface area contributed by atoms with Crippen molar-refractivity contribution >= 4 is 0 Å². The highest BCUT2D eigenvalue weighted by atomic mass is 16.5. The Morgan fingerprint density at radius 3 is 1.86 bits per heavy atom. The lowest BCUT2D eigenvalue weighted by molar-refractivity contribution is 0.0554. The molecule has 0 aromatic rings. The van der Waals surface area contributed by atoms with Gasteiger partial charge in [-0.1, -0.05) is 25.5 Å². The van der Waals surface area contributed by atoms with Crippen LogP contribution in [-0.4, -0.2) is 26.4 Å². The van der Waals surface area contributed by atoms with Gasteiger partial charge in [-0.05, 0) is 6.42 Å². The maximum absolute atomic E-state index is 5.38. The summed E-state index contributed by atoms with van der Waals surface area (Å²) in [6, 6.07) is 0. The highest BCUT2D eigenvalue weighted by Gasteiger charge is 2.07. The topological polar surface area (TPSA) is 18.5 Å². The minimum absolute atomic E-state index is 0.437. The van der Waals surface area contributed by atoms with E-state index in [1.165, 1.54) is 0 Å². The zero-order valence-electron chi connectivity index (χ0n) is 8.91. The third-order valence-electron chi connectivity index (χ3n) is 1.79. The molecule has 0 aromatic heterocycles. The van der Waals surface area contributed by atoms with Crippen molar-refractivity contribution in [2.75, 3.05) is 26.4 Å². The molecule has 0 bridgehead atoms. The van der Waals surface area contributed by atoms with Crippen LogP contribution in [0.5, 0.6) is 0 Å². The van der Waals surface area contributed by atoms with Gasteiger partial charge in [-0.2, -0.15) is 0 Å². The molecule has 0 saturated heterocycles. The van der Waals surface area contributed by atoms with Gasteiger partial charge < -0.3 is 9.47 Å². The molecule has 2 nitrogen and oxygen atoms in total. The number of rotatable bonds is 10. The summed E-state index contributed by atoms with van der Waals surface area (Å²) >= 11 is 0. The highest BCUT2D eigenvalue weighted by Crippen LogP contribution is 2.07. The van der Waals surface area contributed by atoms with Crippen molar-refractivity contribution in [2.45, 2.75) is 12.8 Å². The van der Waals surface area contributed by atoms with Crippen LogP contribution in [0.2, 0.25) is 0 Å². The Labute approximate surface area is 87.6 Å². The quantitative estimate of drug-likeness (QED) is 0.396. The Morgan fingerprint density at radius 1 is 1.00 bits per heavy atom. The Morgan fingerprint density at radius 2 is 1.50 bits per heavy atom. The first kappa shape index (κ1) is 13.4. The van der Waals surface area contributed by atoms with E-state index >= 15 is 0 Å². The molecule has 0 rings (SSSR count). The molecule has 0 saturated carbocycles. The van der Waals surface area contributed by atoms with Crippen molar-refractivity contribution < 1.29 is 9.47 Å². The molecule has 0 aliphatic carbocycles. The van der Waals surface area contributed by atoms with Crippen molar-refractivity contribution in [1.82, 2.24) is 0 Å². The molecular weight excluding hydrogens is 176 g/mol. The van der Waals surface area contributed by atoms with Gasteiger partial charge in [-0.15, -0.1) is 13.2 Å². The van der Waals surface area contributed by atoms with Gasteiger partial charge in [0, 0.05) is 5.92 Å². The molecule has 1 radical (unpaired) electrons. The molecule has 2 heteroatoms. The van der Waals surface area contributed by atoms with Crippen LogP contribution in [0.1, 0.15) is 12.8 Å². The third-order valence-corrected chi connectivity index (χ3v) is 1.79. The molecule has 0 spiro atoms. The molecule has 0 heterocycles. The second-order valence-corrected chi connectivity index (χ2v) is 3.16. The van der Waals surface area contributed by atoms with Gasteiger partial charge in [-0.3, -0.25) is 0 Å². The second kappa shape index (κ2) is 10.5. The van der Waals surface area contributed by atoms with E-state index in [1.54, 1.807) is 12.2 Å². The molecule has 0 aliphatic rings. The van der Waals surface area contributed by atoms with Gasteiger partial charge in [0.1, 0.15) is 0 Å². The normalized spacial score (nSPS) is 10.4. The van der Waals surface area contributed by atoms with Gasteiger partial charge in [0.05, 0.1) is 26.4 Å². The average Bonchev–Trinajstić information content (AvgIpc) is 2.18. The van der Waals surface area contributed by atoms with Crippen LogP contribution in [0.3, 0.4) is 0 Å². The van der Waals surface area contributed by atoms with E-state index < -0.39 is 0 Å². The van der Waals surface area contributed by atoms with Crippen LogP contribution >= 0.6 is 0 Å². The van der Waals surface area contributed by atoms with E-state index in [9.17, 15) is 0 Å². The predicted octanol–water partition coefficient (Wildman–Crippen LogP) is 2.62. The average molecular weight is 197 g/mol. The first-order valence-electron chi connectivity index (χ1n) is 5.01. The Bertz CT molecular complexity index is 129. The summed E-state index contributed by atoms with van der Waals surface area (Å²) in [6.07, 6.45) is 5.46. The largest absolute Gasteiger partial charge is 0.377 e. The van der Waals surface area contributed by atoms with Crippen molar-refractivity contribution in [1.29, 1.82) is 0 Å². The van der Waals surface area contributed by atoms with E-state index in [0.29, 0.717) is 19.1 Å². The molecule has 0 aromatic carbocycles. The van der Waals surface area contributed by atoms with Crippen molar-refractivity contribution in [3.8, 4) is 0 Å². The van der Waals surface area contributed by atoms with E-state index in [1.807, 2.05) is 0 Å². The minimum atomic E-state index is 0.437. The van der Waals surface area contributed by atoms with Crippen molar-refractivity contribution in [3.05, 3.63) is 32.2 Å². The van der Waals surface area contributed by atoms with Crippen LogP contribution in [0.15, 0.2) is 25.3 Å². The number of hydrogen-bond acceptors (Lipinski definition) is 2. The SMILES string of the molecule is [CH2]CCC(COCC=C)COCC=C. The van der Waals surface area contributed by atoms with E-state index in [2.05, 4.69) is 20.1 Å². The van der Waals surface area contributed by atoms with E-state index in [4.69, 9.17) is 9.47 Å². The zero-order chi connectivity index (χ0) is 10.6. The first-order valence-corrected chi connectivity index (χ1v) is 5.01. The molecule has 14 heavy (non-hydrogen) atoms. The maximum Gasteiger partial charge on any atom is 0.0644 e. The van der Waals surface area contributed by atoms with E-state index in [0.717, 1.165) is 26.1 Å². The van der Waals surface area contributed by atoms with Gasteiger partial charge in [0.2, 0.25) is 0 Å². The fourth-order valence-corrected chi connectivity index (χ4v) is 1.14. The third kappa shape index (κ3) is 8.02. The van der Waals surface area contributed by atoms with Crippen LogP contribution < -0.4 is 0 Å². The van der Waals surface area contributed by atoms with E-state index in [-0.39, 0.29) is 0 Å². The fourth-order valence-electron chi connectivity index (χ4n) is 1.14. The molecule has 0 fully saturated rings. The lowest BCUT2D eigenvalue weighted by atomic mass is 10.1. The minimum Gasteiger partial charge on any atom is -0.377 e. The summed E-state index contributed by atoms with van der Waals surface area (Å²) in [7, 11) is 0. The maximum atomic E-state index is 5.38. The lowest BCUT2D eigenvalue weighted by Crippen LogP contribution is -2.16. The summed E-state index contributed by atoms with van der Waals surface area (Å²) in [5.74, 6) is 0.437. The summed E-state index contributed by atoms with van der Waals surface area (Å²) < 4.78 is 10.8. The lowest BCUT2D eigenvalue weighted by Gasteiger charge is -2.15. The molecule has 81 valence electrons. The number of ether oxygens (including phenoxy) is 2. The Balaban J connectivity index is 3.53. The van der Waals surface area contributed by atoms with Crippen LogP contribution in [0, 0.1) is 12.8 Å². The van der Waals surface area contributed by atoms with Crippen LogP contribution in [-0.2, 0) is 9.47 Å². The van der Waals surface area contributed by atoms with Crippen LogP contribution in [0.4, 0.5) is 0 Å². The molecule has 0 unspecified atom stereocenters. The highest BCUT2D eigenvalue weighted by molar-refractivity contribution is 4.67. The van der Waals surface area contributed by atoms with Gasteiger partial charge in [-0.25, -0.2) is 0 Å². The predicted molar refractivity (Wildman–Crippen MR) is 60.1 cm³/mol. The smallest absolute Gasteiger partial charge is 0.0644 e. The summed E-state index contributed by atoms with van der Waals surface area (Å²) in [5.41, 5.74) is 0. The monoisotopic (exact) mass is 197 g/mol. The summed E-state index contributed by atoms with van der Waals surface area (Å²) in [4.78, 5) is 0. The van der Waals surface area contributed by atoms with Crippen molar-refractivity contribution in [3.63, 3.8) is 0 Å². The number of hydrogen-bond donors (Lipinski definition) is 0. The van der Waals surface area contributed by atoms with Crippen molar-refractivity contribution in [2.24, 2.45) is 5.92 Å². The van der Waals surface area contributed by atoms with Gasteiger partial charge in [0.25, 0.3) is 0 Å². The molecule has 0 atom stereocenters. The first-order chi connectivity index (χ1) is 6.85. The second-order valence-electron chi connectivity index (χ2n) is 3.16. The summed E-state index contributed by atoms with van der Waals surface area (Å²) in [6.45, 7) is 13.7.